The fourth-order valence-electron chi connectivity index (χ4n) is 2.39. The molecule has 98 valence electrons. The van der Waals surface area contributed by atoms with Gasteiger partial charge in [0, 0.05) is 10.9 Å². The Morgan fingerprint density at radius 1 is 1.32 bits per heavy atom. The topological polar surface area (TPSA) is 51.0 Å². The second-order valence-corrected chi connectivity index (χ2v) is 5.35. The first-order valence-corrected chi connectivity index (χ1v) is 7.14. The van der Waals surface area contributed by atoms with E-state index in [2.05, 4.69) is 34.6 Å². The van der Waals surface area contributed by atoms with Crippen molar-refractivity contribution in [3.05, 3.63) is 41.3 Å². The zero-order chi connectivity index (χ0) is 13.2. The molecular formula is C15H16N2OS. The van der Waals surface area contributed by atoms with Crippen LogP contribution in [0.1, 0.15) is 5.56 Å². The molecule has 3 N–H and O–H groups in total. The van der Waals surface area contributed by atoms with E-state index in [-0.39, 0.29) is 0 Å². The molecule has 19 heavy (non-hydrogen) atoms. The lowest BCUT2D eigenvalue weighted by atomic mass is 10.1. The van der Waals surface area contributed by atoms with Crippen LogP contribution in [-0.2, 0) is 6.42 Å². The molecule has 0 aliphatic rings. The van der Waals surface area contributed by atoms with E-state index in [0.29, 0.717) is 6.54 Å². The Balaban J connectivity index is 2.24. The predicted octanol–water partition coefficient (Wildman–Crippen LogP) is 3.41. The van der Waals surface area contributed by atoms with Crippen LogP contribution in [0.2, 0.25) is 0 Å². The van der Waals surface area contributed by atoms with Crippen LogP contribution in [0.15, 0.2) is 35.7 Å². The van der Waals surface area contributed by atoms with E-state index in [1.807, 2.05) is 6.07 Å². The van der Waals surface area contributed by atoms with Crippen molar-refractivity contribution in [3.8, 4) is 16.3 Å². The Kier molecular flexibility index (Phi) is 3.27. The summed E-state index contributed by atoms with van der Waals surface area (Å²) in [5.74, 6) is 0.877. The summed E-state index contributed by atoms with van der Waals surface area (Å²) in [5, 5.41) is 3.29. The minimum Gasteiger partial charge on any atom is -0.497 e. The van der Waals surface area contributed by atoms with Crippen LogP contribution < -0.4 is 10.5 Å². The average Bonchev–Trinajstić information content (AvgIpc) is 3.06. The first-order valence-electron chi connectivity index (χ1n) is 6.26. The number of nitrogens with one attached hydrogen (secondary N) is 1. The zero-order valence-electron chi connectivity index (χ0n) is 10.8. The first kappa shape index (κ1) is 12.3. The molecule has 1 aromatic carbocycles. The van der Waals surface area contributed by atoms with Crippen molar-refractivity contribution in [2.24, 2.45) is 5.73 Å². The molecule has 0 amide bonds. The number of hydrogen-bond donors (Lipinski definition) is 2. The largest absolute Gasteiger partial charge is 0.497 e. The summed E-state index contributed by atoms with van der Waals surface area (Å²) >= 11 is 1.74. The third kappa shape index (κ3) is 2.13. The molecule has 2 aromatic heterocycles. The van der Waals surface area contributed by atoms with E-state index >= 15 is 0 Å². The van der Waals surface area contributed by atoms with E-state index in [1.165, 1.54) is 21.5 Å². The fraction of sp³-hybridized carbons (Fsp3) is 0.200. The summed E-state index contributed by atoms with van der Waals surface area (Å²) < 4.78 is 5.31. The van der Waals surface area contributed by atoms with Crippen molar-refractivity contribution in [1.29, 1.82) is 0 Å². The van der Waals surface area contributed by atoms with E-state index in [4.69, 9.17) is 10.5 Å². The van der Waals surface area contributed by atoms with Gasteiger partial charge in [-0.05, 0) is 48.2 Å². The summed E-state index contributed by atoms with van der Waals surface area (Å²) in [6, 6.07) is 10.3. The van der Waals surface area contributed by atoms with E-state index in [9.17, 15) is 0 Å². The van der Waals surface area contributed by atoms with Crippen molar-refractivity contribution in [2.45, 2.75) is 6.42 Å². The number of methoxy groups -OCH3 is 1. The van der Waals surface area contributed by atoms with Gasteiger partial charge in [-0.2, -0.15) is 0 Å². The highest BCUT2D eigenvalue weighted by molar-refractivity contribution is 7.13. The highest BCUT2D eigenvalue weighted by Crippen LogP contribution is 2.34. The maximum absolute atomic E-state index is 5.76. The number of rotatable bonds is 4. The van der Waals surface area contributed by atoms with E-state index in [1.54, 1.807) is 18.4 Å². The van der Waals surface area contributed by atoms with Gasteiger partial charge in [0.15, 0.2) is 0 Å². The third-order valence-corrected chi connectivity index (χ3v) is 4.16. The van der Waals surface area contributed by atoms with Gasteiger partial charge in [0.1, 0.15) is 5.75 Å². The number of aromatic nitrogens is 1. The van der Waals surface area contributed by atoms with Crippen LogP contribution in [0, 0.1) is 0 Å². The minimum absolute atomic E-state index is 0.641. The van der Waals surface area contributed by atoms with Crippen LogP contribution in [0.4, 0.5) is 0 Å². The predicted molar refractivity (Wildman–Crippen MR) is 80.9 cm³/mol. The number of benzene rings is 1. The Morgan fingerprint density at radius 2 is 2.21 bits per heavy atom. The van der Waals surface area contributed by atoms with Crippen molar-refractivity contribution in [1.82, 2.24) is 4.98 Å². The summed E-state index contributed by atoms with van der Waals surface area (Å²) in [5.41, 5.74) is 9.35. The lowest BCUT2D eigenvalue weighted by Crippen LogP contribution is -2.03. The summed E-state index contributed by atoms with van der Waals surface area (Å²) in [6.45, 7) is 0.641. The maximum Gasteiger partial charge on any atom is 0.119 e. The number of nitrogens with two attached hydrogens (primary N) is 1. The van der Waals surface area contributed by atoms with Gasteiger partial charge in [-0.15, -0.1) is 11.3 Å². The van der Waals surface area contributed by atoms with Gasteiger partial charge in [0.25, 0.3) is 0 Å². The molecule has 0 bridgehead atoms. The van der Waals surface area contributed by atoms with Crippen molar-refractivity contribution >= 4 is 22.2 Å². The quantitative estimate of drug-likeness (QED) is 0.764. The van der Waals surface area contributed by atoms with Gasteiger partial charge in [-0.1, -0.05) is 6.07 Å². The number of hydrogen-bond acceptors (Lipinski definition) is 3. The molecule has 0 spiro atoms. The summed E-state index contributed by atoms with van der Waals surface area (Å²) in [7, 11) is 1.69. The second kappa shape index (κ2) is 5.07. The van der Waals surface area contributed by atoms with Gasteiger partial charge in [-0.3, -0.25) is 0 Å². The molecule has 0 fully saturated rings. The monoisotopic (exact) mass is 272 g/mol. The molecule has 0 aliphatic carbocycles. The van der Waals surface area contributed by atoms with Crippen molar-refractivity contribution < 1.29 is 4.74 Å². The molecule has 3 nitrogen and oxygen atoms in total. The van der Waals surface area contributed by atoms with Crippen LogP contribution in [0.3, 0.4) is 0 Å². The van der Waals surface area contributed by atoms with Crippen LogP contribution in [0.5, 0.6) is 5.75 Å². The molecular weight excluding hydrogens is 256 g/mol. The Morgan fingerprint density at radius 3 is 2.89 bits per heavy atom. The summed E-state index contributed by atoms with van der Waals surface area (Å²) in [4.78, 5) is 4.75. The van der Waals surface area contributed by atoms with E-state index < -0.39 is 0 Å². The molecule has 0 saturated heterocycles. The number of ether oxygens (including phenoxy) is 1. The Hall–Kier alpha value is -1.78. The lowest BCUT2D eigenvalue weighted by molar-refractivity contribution is 0.415. The van der Waals surface area contributed by atoms with Crippen LogP contribution in [-0.4, -0.2) is 18.6 Å². The zero-order valence-corrected chi connectivity index (χ0v) is 11.6. The molecule has 0 aliphatic heterocycles. The smallest absolute Gasteiger partial charge is 0.119 e. The second-order valence-electron chi connectivity index (χ2n) is 4.41. The van der Waals surface area contributed by atoms with Crippen molar-refractivity contribution in [3.63, 3.8) is 0 Å². The molecule has 0 atom stereocenters. The van der Waals surface area contributed by atoms with Crippen LogP contribution >= 0.6 is 11.3 Å². The number of fused-ring (bicyclic) bond motifs is 1. The summed E-state index contributed by atoms with van der Waals surface area (Å²) in [6.07, 6.45) is 0.862. The fourth-order valence-corrected chi connectivity index (χ4v) is 3.14. The highest BCUT2D eigenvalue weighted by Gasteiger charge is 2.13. The Labute approximate surface area is 116 Å². The van der Waals surface area contributed by atoms with Gasteiger partial charge in [0.2, 0.25) is 0 Å². The van der Waals surface area contributed by atoms with Gasteiger partial charge < -0.3 is 15.5 Å². The lowest BCUT2D eigenvalue weighted by Gasteiger charge is -2.02. The molecule has 0 saturated carbocycles. The average molecular weight is 272 g/mol. The number of aromatic amines is 1. The van der Waals surface area contributed by atoms with Crippen LogP contribution in [0.25, 0.3) is 21.5 Å². The maximum atomic E-state index is 5.76. The van der Waals surface area contributed by atoms with Gasteiger partial charge >= 0.3 is 0 Å². The Bertz CT molecular complexity index is 686. The van der Waals surface area contributed by atoms with Gasteiger partial charge in [0.05, 0.1) is 17.7 Å². The molecule has 3 aromatic rings. The number of thiophene rings is 1. The van der Waals surface area contributed by atoms with E-state index in [0.717, 1.165) is 17.7 Å². The van der Waals surface area contributed by atoms with Gasteiger partial charge in [-0.25, -0.2) is 0 Å². The first-order chi connectivity index (χ1) is 9.33. The minimum atomic E-state index is 0.641. The highest BCUT2D eigenvalue weighted by atomic mass is 32.1. The number of H-pyrrole nitrogens is 1. The molecule has 4 heteroatoms. The standard InChI is InChI=1S/C15H16N2OS/c1-18-10-4-5-13-12(9-10)11(6-7-16)15(17-13)14-3-2-8-19-14/h2-5,8-9,17H,6-7,16H2,1H3. The molecule has 2 heterocycles. The van der Waals surface area contributed by atoms with Crippen molar-refractivity contribution in [2.75, 3.05) is 13.7 Å². The molecule has 3 rings (SSSR count). The molecule has 0 unspecified atom stereocenters. The molecule has 0 radical (unpaired) electrons. The normalized spacial score (nSPS) is 11.1. The third-order valence-electron chi connectivity index (χ3n) is 3.28. The SMILES string of the molecule is COc1ccc2[nH]c(-c3cccs3)c(CCN)c2c1.